The molecule has 0 saturated heterocycles. The van der Waals surface area contributed by atoms with Gasteiger partial charge in [-0.2, -0.15) is 5.10 Å². The molecule has 5 rings (SSSR count). The fraction of sp³-hybridized carbons (Fsp3) is 0.238. The SMILES string of the molecule is Cn1nc(C(=O)NCc2ccc(Cl)cc2)c2ccc(N3CCn4nncc4C3)cc21. The maximum atomic E-state index is 12.8. The number of rotatable bonds is 4. The number of nitrogens with one attached hydrogen (secondary N) is 1. The lowest BCUT2D eigenvalue weighted by Gasteiger charge is -2.29. The van der Waals surface area contributed by atoms with Gasteiger partial charge in [-0.15, -0.1) is 5.10 Å². The average molecular weight is 422 g/mol. The Morgan fingerprint density at radius 1 is 1.17 bits per heavy atom. The Bertz CT molecular complexity index is 1230. The highest BCUT2D eigenvalue weighted by Gasteiger charge is 2.20. The van der Waals surface area contributed by atoms with Gasteiger partial charge in [0, 0.05) is 36.2 Å². The normalized spacial score (nSPS) is 13.5. The highest BCUT2D eigenvalue weighted by Crippen LogP contribution is 2.27. The van der Waals surface area contributed by atoms with Gasteiger partial charge in [-0.25, -0.2) is 4.68 Å². The number of anilines is 1. The first-order valence-electron chi connectivity index (χ1n) is 9.70. The second kappa shape index (κ2) is 7.46. The van der Waals surface area contributed by atoms with Crippen molar-refractivity contribution in [1.82, 2.24) is 30.1 Å². The second-order valence-corrected chi connectivity index (χ2v) is 7.79. The third-order valence-corrected chi connectivity index (χ3v) is 5.67. The molecule has 0 bridgehead atoms. The Balaban J connectivity index is 1.37. The largest absolute Gasteiger partial charge is 0.364 e. The minimum Gasteiger partial charge on any atom is -0.364 e. The minimum absolute atomic E-state index is 0.198. The van der Waals surface area contributed by atoms with Crippen molar-refractivity contribution in [3.8, 4) is 0 Å². The molecule has 0 aliphatic carbocycles. The van der Waals surface area contributed by atoms with Crippen molar-refractivity contribution in [3.05, 3.63) is 70.6 Å². The molecule has 3 heterocycles. The van der Waals surface area contributed by atoms with Crippen molar-refractivity contribution in [2.24, 2.45) is 7.05 Å². The summed E-state index contributed by atoms with van der Waals surface area (Å²) in [4.78, 5) is 15.0. The quantitative estimate of drug-likeness (QED) is 0.548. The van der Waals surface area contributed by atoms with E-state index in [0.717, 1.165) is 47.5 Å². The Morgan fingerprint density at radius 3 is 2.83 bits per heavy atom. The second-order valence-electron chi connectivity index (χ2n) is 7.35. The summed E-state index contributed by atoms with van der Waals surface area (Å²) in [6.07, 6.45) is 1.80. The standard InChI is InChI=1S/C21H20ClN7O/c1-27-19-10-16(28-8-9-29-17(13-28)12-24-26-29)6-7-18(19)20(25-27)21(30)23-11-14-2-4-15(22)5-3-14/h2-7,10,12H,8-9,11,13H2,1H3,(H,23,30). The van der Waals surface area contributed by atoms with Crippen molar-refractivity contribution in [3.63, 3.8) is 0 Å². The zero-order chi connectivity index (χ0) is 20.7. The lowest BCUT2D eigenvalue weighted by atomic mass is 10.1. The third kappa shape index (κ3) is 3.39. The van der Waals surface area contributed by atoms with Gasteiger partial charge in [0.2, 0.25) is 0 Å². The minimum atomic E-state index is -0.198. The highest BCUT2D eigenvalue weighted by molar-refractivity contribution is 6.30. The average Bonchev–Trinajstić information content (AvgIpc) is 3.37. The van der Waals surface area contributed by atoms with Crippen LogP contribution in [0.1, 0.15) is 21.7 Å². The van der Waals surface area contributed by atoms with Crippen molar-refractivity contribution in [2.75, 3.05) is 11.4 Å². The summed E-state index contributed by atoms with van der Waals surface area (Å²) in [5.41, 5.74) is 4.50. The Morgan fingerprint density at radius 2 is 2.00 bits per heavy atom. The van der Waals surface area contributed by atoms with Crippen LogP contribution in [0.25, 0.3) is 10.9 Å². The molecule has 1 N–H and O–H groups in total. The van der Waals surface area contributed by atoms with Crippen LogP contribution in [0.3, 0.4) is 0 Å². The number of aryl methyl sites for hydroxylation is 1. The van der Waals surface area contributed by atoms with E-state index in [4.69, 9.17) is 11.6 Å². The van der Waals surface area contributed by atoms with Gasteiger partial charge in [-0.3, -0.25) is 9.48 Å². The lowest BCUT2D eigenvalue weighted by molar-refractivity contribution is 0.0947. The summed E-state index contributed by atoms with van der Waals surface area (Å²) in [6.45, 7) is 2.83. The van der Waals surface area contributed by atoms with Gasteiger partial charge >= 0.3 is 0 Å². The topological polar surface area (TPSA) is 80.9 Å². The van der Waals surface area contributed by atoms with E-state index in [2.05, 4.69) is 31.7 Å². The van der Waals surface area contributed by atoms with E-state index in [1.807, 2.05) is 48.1 Å². The molecule has 8 nitrogen and oxygen atoms in total. The molecule has 152 valence electrons. The van der Waals surface area contributed by atoms with Crippen LogP contribution in [0, 0.1) is 0 Å². The maximum Gasteiger partial charge on any atom is 0.272 e. The van der Waals surface area contributed by atoms with Crippen LogP contribution in [0.15, 0.2) is 48.7 Å². The van der Waals surface area contributed by atoms with Crippen molar-refractivity contribution < 1.29 is 4.79 Å². The summed E-state index contributed by atoms with van der Waals surface area (Å²) in [6, 6.07) is 13.5. The van der Waals surface area contributed by atoms with E-state index in [1.54, 1.807) is 10.9 Å². The zero-order valence-corrected chi connectivity index (χ0v) is 17.2. The monoisotopic (exact) mass is 421 g/mol. The summed E-state index contributed by atoms with van der Waals surface area (Å²) in [7, 11) is 1.86. The van der Waals surface area contributed by atoms with Gasteiger partial charge in [-0.1, -0.05) is 28.9 Å². The molecular formula is C21H20ClN7O. The van der Waals surface area contributed by atoms with E-state index in [9.17, 15) is 4.79 Å². The number of fused-ring (bicyclic) bond motifs is 2. The molecule has 0 saturated carbocycles. The fourth-order valence-corrected chi connectivity index (χ4v) is 3.90. The molecule has 30 heavy (non-hydrogen) atoms. The zero-order valence-electron chi connectivity index (χ0n) is 16.4. The van der Waals surface area contributed by atoms with Gasteiger partial charge in [-0.05, 0) is 35.9 Å². The van der Waals surface area contributed by atoms with Crippen LogP contribution >= 0.6 is 11.6 Å². The molecule has 0 spiro atoms. The molecular weight excluding hydrogens is 402 g/mol. The third-order valence-electron chi connectivity index (χ3n) is 5.41. The molecule has 0 atom stereocenters. The van der Waals surface area contributed by atoms with E-state index < -0.39 is 0 Å². The number of nitrogens with zero attached hydrogens (tertiary/aromatic N) is 6. The fourth-order valence-electron chi connectivity index (χ4n) is 3.78. The Labute approximate surface area is 178 Å². The first-order chi connectivity index (χ1) is 14.6. The number of benzene rings is 2. The number of hydrogen-bond acceptors (Lipinski definition) is 5. The molecule has 2 aromatic carbocycles. The number of amides is 1. The molecule has 0 radical (unpaired) electrons. The first kappa shape index (κ1) is 18.6. The predicted molar refractivity (Wildman–Crippen MR) is 114 cm³/mol. The van der Waals surface area contributed by atoms with Crippen LogP contribution in [0.5, 0.6) is 0 Å². The predicted octanol–water partition coefficient (Wildman–Crippen LogP) is 2.77. The summed E-state index contributed by atoms with van der Waals surface area (Å²) < 4.78 is 3.69. The van der Waals surface area contributed by atoms with Crippen LogP contribution in [0.4, 0.5) is 5.69 Å². The van der Waals surface area contributed by atoms with E-state index in [-0.39, 0.29) is 5.91 Å². The summed E-state index contributed by atoms with van der Waals surface area (Å²) in [5.74, 6) is -0.198. The van der Waals surface area contributed by atoms with Gasteiger partial charge in [0.15, 0.2) is 5.69 Å². The summed E-state index contributed by atoms with van der Waals surface area (Å²) >= 11 is 5.92. The van der Waals surface area contributed by atoms with Gasteiger partial charge in [0.1, 0.15) is 0 Å². The number of carbonyl (C=O) groups is 1. The smallest absolute Gasteiger partial charge is 0.272 e. The van der Waals surface area contributed by atoms with E-state index >= 15 is 0 Å². The van der Waals surface area contributed by atoms with Crippen LogP contribution in [-0.2, 0) is 26.7 Å². The number of carbonyl (C=O) groups excluding carboxylic acids is 1. The maximum absolute atomic E-state index is 12.8. The van der Waals surface area contributed by atoms with Crippen LogP contribution < -0.4 is 10.2 Å². The van der Waals surface area contributed by atoms with Crippen LogP contribution in [0.2, 0.25) is 5.02 Å². The molecule has 0 fully saturated rings. The van der Waals surface area contributed by atoms with Crippen molar-refractivity contribution in [1.29, 1.82) is 0 Å². The number of halogens is 1. The molecule has 1 aliphatic heterocycles. The van der Waals surface area contributed by atoms with Crippen molar-refractivity contribution >= 4 is 34.1 Å². The number of aromatic nitrogens is 5. The molecule has 4 aromatic rings. The number of hydrogen-bond donors (Lipinski definition) is 1. The first-order valence-corrected chi connectivity index (χ1v) is 10.1. The van der Waals surface area contributed by atoms with Gasteiger partial charge < -0.3 is 10.2 Å². The molecule has 1 aliphatic rings. The highest BCUT2D eigenvalue weighted by atomic mass is 35.5. The lowest BCUT2D eigenvalue weighted by Crippen LogP contribution is -2.33. The van der Waals surface area contributed by atoms with Gasteiger partial charge in [0.05, 0.1) is 30.5 Å². The van der Waals surface area contributed by atoms with Crippen LogP contribution in [-0.4, -0.2) is 37.2 Å². The van der Waals surface area contributed by atoms with E-state index in [1.165, 1.54) is 0 Å². The van der Waals surface area contributed by atoms with Gasteiger partial charge in [0.25, 0.3) is 5.91 Å². The van der Waals surface area contributed by atoms with E-state index in [0.29, 0.717) is 17.3 Å². The molecule has 1 amide bonds. The Kier molecular flexibility index (Phi) is 4.63. The molecule has 2 aromatic heterocycles. The molecule has 0 unspecified atom stereocenters. The summed E-state index contributed by atoms with van der Waals surface area (Å²) in [5, 5.41) is 17.0. The van der Waals surface area contributed by atoms with Crippen molar-refractivity contribution in [2.45, 2.75) is 19.6 Å². The Hall–Kier alpha value is -3.39. The molecule has 9 heteroatoms.